The van der Waals surface area contributed by atoms with Crippen molar-refractivity contribution in [2.24, 2.45) is 5.10 Å². The lowest BCUT2D eigenvalue weighted by atomic mass is 10.2. The van der Waals surface area contributed by atoms with Crippen LogP contribution in [-0.4, -0.2) is 44.2 Å². The Kier molecular flexibility index (Phi) is 9.84. The van der Waals surface area contributed by atoms with Gasteiger partial charge in [-0.15, -0.1) is 10.2 Å². The van der Waals surface area contributed by atoms with E-state index < -0.39 is 0 Å². The molecule has 0 unspecified atom stereocenters. The van der Waals surface area contributed by atoms with Crippen molar-refractivity contribution in [2.45, 2.75) is 31.3 Å². The summed E-state index contributed by atoms with van der Waals surface area (Å²) in [6, 6.07) is 19.2. The van der Waals surface area contributed by atoms with Crippen molar-refractivity contribution in [3.05, 3.63) is 83.1 Å². The van der Waals surface area contributed by atoms with Gasteiger partial charge in [-0.3, -0.25) is 14.3 Å². The molecule has 2 aromatic carbocycles. The fraction of sp³-hybridized carbons (Fsp3) is 0.222. The van der Waals surface area contributed by atoms with Gasteiger partial charge < -0.3 is 4.74 Å². The van der Waals surface area contributed by atoms with E-state index in [0.717, 1.165) is 39.9 Å². The van der Waals surface area contributed by atoms with Crippen LogP contribution in [0.1, 0.15) is 31.7 Å². The van der Waals surface area contributed by atoms with Crippen LogP contribution in [0, 0.1) is 0 Å². The molecule has 8 nitrogen and oxygen atoms in total. The number of hydrogen-bond acceptors (Lipinski definition) is 7. The Morgan fingerprint density at radius 1 is 1.05 bits per heavy atom. The molecule has 37 heavy (non-hydrogen) atoms. The Bertz CT molecular complexity index is 1310. The Morgan fingerprint density at radius 2 is 1.81 bits per heavy atom. The second kappa shape index (κ2) is 13.7. The first kappa shape index (κ1) is 26.6. The summed E-state index contributed by atoms with van der Waals surface area (Å²) in [6.07, 6.45) is 8.41. The molecule has 4 aromatic rings. The van der Waals surface area contributed by atoms with Gasteiger partial charge in [-0.2, -0.15) is 5.10 Å². The molecule has 190 valence electrons. The third-order valence-electron chi connectivity index (χ3n) is 5.29. The molecular formula is C27H27BrN6O2S. The van der Waals surface area contributed by atoms with Crippen molar-refractivity contribution >= 4 is 39.8 Å². The normalized spacial score (nSPS) is 11.1. The van der Waals surface area contributed by atoms with Crippen molar-refractivity contribution in [3.63, 3.8) is 0 Å². The van der Waals surface area contributed by atoms with E-state index in [4.69, 9.17) is 4.74 Å². The summed E-state index contributed by atoms with van der Waals surface area (Å²) in [5.74, 6) is 1.39. The van der Waals surface area contributed by atoms with Gasteiger partial charge in [0.2, 0.25) is 0 Å². The number of thioether (sulfide) groups is 1. The smallest absolute Gasteiger partial charge is 0.250 e. The number of carbonyl (C=O) groups is 1. The molecule has 4 rings (SSSR count). The molecule has 0 atom stereocenters. The second-order valence-corrected chi connectivity index (χ2v) is 9.92. The summed E-state index contributed by atoms with van der Waals surface area (Å²) < 4.78 is 8.62. The summed E-state index contributed by atoms with van der Waals surface area (Å²) in [5.41, 5.74) is 5.21. The Labute approximate surface area is 228 Å². The maximum atomic E-state index is 12.5. The van der Waals surface area contributed by atoms with E-state index in [0.29, 0.717) is 17.6 Å². The largest absolute Gasteiger partial charge is 0.494 e. The number of aromatic nitrogens is 4. The van der Waals surface area contributed by atoms with E-state index >= 15 is 0 Å². The number of hydrazone groups is 1. The van der Waals surface area contributed by atoms with Gasteiger partial charge in [0.25, 0.3) is 5.91 Å². The van der Waals surface area contributed by atoms with Crippen LogP contribution in [0.4, 0.5) is 0 Å². The minimum atomic E-state index is -0.243. The number of unbranched alkanes of at least 4 members (excludes halogenated alkanes) is 2. The van der Waals surface area contributed by atoms with Crippen LogP contribution in [-0.2, 0) is 4.79 Å². The fourth-order valence-electron chi connectivity index (χ4n) is 3.41. The standard InChI is InChI=1S/C27H27BrN6O2S/c1-2-3-4-17-36-24-11-5-20(6-12-24)18-30-31-25(35)19-37-27-33-32-26(21-13-15-29-16-14-21)34(27)23-9-7-22(28)8-10-23/h5-16,18H,2-4,17,19H2,1H3,(H,31,35)/b30-18-. The van der Waals surface area contributed by atoms with Gasteiger partial charge in [0.1, 0.15) is 5.75 Å². The number of carbonyl (C=O) groups excluding carboxylic acids is 1. The molecule has 0 bridgehead atoms. The molecule has 1 N–H and O–H groups in total. The van der Waals surface area contributed by atoms with Crippen LogP contribution in [0.15, 0.2) is 87.8 Å². The lowest BCUT2D eigenvalue weighted by Crippen LogP contribution is -2.20. The number of nitrogens with one attached hydrogen (secondary N) is 1. The Morgan fingerprint density at radius 3 is 2.54 bits per heavy atom. The first-order chi connectivity index (χ1) is 18.1. The van der Waals surface area contributed by atoms with Crippen molar-refractivity contribution in [3.8, 4) is 22.8 Å². The highest BCUT2D eigenvalue weighted by Gasteiger charge is 2.17. The minimum Gasteiger partial charge on any atom is -0.494 e. The van der Waals surface area contributed by atoms with E-state index in [1.807, 2.05) is 65.2 Å². The molecule has 0 fully saturated rings. The molecule has 0 saturated carbocycles. The van der Waals surface area contributed by atoms with E-state index in [1.165, 1.54) is 18.2 Å². The van der Waals surface area contributed by atoms with Crippen LogP contribution >= 0.6 is 27.7 Å². The molecule has 2 aromatic heterocycles. The molecule has 0 aliphatic rings. The summed E-state index contributed by atoms with van der Waals surface area (Å²) in [4.78, 5) is 16.5. The van der Waals surface area contributed by atoms with Crippen LogP contribution < -0.4 is 10.2 Å². The molecule has 2 heterocycles. The van der Waals surface area contributed by atoms with Crippen LogP contribution in [0.3, 0.4) is 0 Å². The number of rotatable bonds is 12. The van der Waals surface area contributed by atoms with E-state index in [2.05, 4.69) is 48.6 Å². The van der Waals surface area contributed by atoms with E-state index in [9.17, 15) is 4.79 Å². The highest BCUT2D eigenvalue weighted by Crippen LogP contribution is 2.28. The van der Waals surface area contributed by atoms with Gasteiger partial charge in [0.15, 0.2) is 11.0 Å². The maximum absolute atomic E-state index is 12.5. The quantitative estimate of drug-likeness (QED) is 0.0972. The molecule has 0 spiro atoms. The van der Waals surface area contributed by atoms with Gasteiger partial charge >= 0.3 is 0 Å². The number of amides is 1. The maximum Gasteiger partial charge on any atom is 0.250 e. The van der Waals surface area contributed by atoms with Gasteiger partial charge in [-0.25, -0.2) is 5.43 Å². The summed E-state index contributed by atoms with van der Waals surface area (Å²) in [6.45, 7) is 2.88. The number of benzene rings is 2. The first-order valence-electron chi connectivity index (χ1n) is 11.9. The molecule has 0 aliphatic carbocycles. The molecule has 0 radical (unpaired) electrons. The highest BCUT2D eigenvalue weighted by molar-refractivity contribution is 9.10. The van der Waals surface area contributed by atoms with Gasteiger partial charge in [0.05, 0.1) is 18.6 Å². The fourth-order valence-corrected chi connectivity index (χ4v) is 4.42. The molecule has 1 amide bonds. The predicted octanol–water partition coefficient (Wildman–Crippen LogP) is 5.90. The lowest BCUT2D eigenvalue weighted by Gasteiger charge is -2.10. The number of nitrogens with zero attached hydrogens (tertiary/aromatic N) is 5. The number of ether oxygens (including phenoxy) is 1. The van der Waals surface area contributed by atoms with Crippen LogP contribution in [0.25, 0.3) is 17.1 Å². The zero-order valence-corrected chi connectivity index (χ0v) is 22.8. The van der Waals surface area contributed by atoms with E-state index in [-0.39, 0.29) is 11.7 Å². The number of halogens is 1. The first-order valence-corrected chi connectivity index (χ1v) is 13.7. The number of hydrogen-bond donors (Lipinski definition) is 1. The third-order valence-corrected chi connectivity index (χ3v) is 6.75. The van der Waals surface area contributed by atoms with Crippen molar-refractivity contribution in [1.29, 1.82) is 0 Å². The molecule has 0 aliphatic heterocycles. The van der Waals surface area contributed by atoms with E-state index in [1.54, 1.807) is 18.6 Å². The third kappa shape index (κ3) is 7.74. The average Bonchev–Trinajstić information content (AvgIpc) is 3.36. The van der Waals surface area contributed by atoms with Gasteiger partial charge in [-0.1, -0.05) is 47.5 Å². The van der Waals surface area contributed by atoms with Crippen molar-refractivity contribution in [2.75, 3.05) is 12.4 Å². The topological polar surface area (TPSA) is 94.3 Å². The number of pyridine rings is 1. The van der Waals surface area contributed by atoms with Crippen LogP contribution in [0.5, 0.6) is 5.75 Å². The molecule has 0 saturated heterocycles. The predicted molar refractivity (Wildman–Crippen MR) is 150 cm³/mol. The average molecular weight is 580 g/mol. The second-order valence-electron chi connectivity index (χ2n) is 8.06. The molecule has 10 heteroatoms. The zero-order chi connectivity index (χ0) is 25.9. The summed E-state index contributed by atoms with van der Waals surface area (Å²) >= 11 is 4.76. The van der Waals surface area contributed by atoms with Crippen molar-refractivity contribution in [1.82, 2.24) is 25.2 Å². The van der Waals surface area contributed by atoms with Gasteiger partial charge in [-0.05, 0) is 72.6 Å². The zero-order valence-electron chi connectivity index (χ0n) is 20.4. The Hall–Kier alpha value is -3.50. The summed E-state index contributed by atoms with van der Waals surface area (Å²) in [7, 11) is 0. The van der Waals surface area contributed by atoms with Gasteiger partial charge in [0, 0.05) is 28.1 Å². The molecular weight excluding hydrogens is 552 g/mol. The van der Waals surface area contributed by atoms with Crippen LogP contribution in [0.2, 0.25) is 0 Å². The summed E-state index contributed by atoms with van der Waals surface area (Å²) in [5, 5.41) is 13.4. The highest BCUT2D eigenvalue weighted by atomic mass is 79.9. The minimum absolute atomic E-state index is 0.132. The monoisotopic (exact) mass is 578 g/mol. The Balaban J connectivity index is 1.36. The van der Waals surface area contributed by atoms with Crippen molar-refractivity contribution < 1.29 is 9.53 Å². The lowest BCUT2D eigenvalue weighted by molar-refractivity contribution is -0.118. The SMILES string of the molecule is CCCCCOc1ccc(/C=N\NC(=O)CSc2nnc(-c3ccncc3)n2-c2ccc(Br)cc2)cc1.